The highest BCUT2D eigenvalue weighted by Gasteiger charge is 2.39. The molecule has 2 unspecified atom stereocenters. The van der Waals surface area contributed by atoms with Gasteiger partial charge in [-0.15, -0.1) is 6.42 Å². The maximum atomic E-state index is 12.1. The fourth-order valence-corrected chi connectivity index (χ4v) is 2.15. The number of hydrogen-bond acceptors (Lipinski definition) is 4. The van der Waals surface area contributed by atoms with Crippen LogP contribution in [-0.2, 0) is 14.3 Å². The standard InChI is InChI=1S/C13H20N2O4/c1-3-5-14-7-12(16)15(6-4-2)11-9-19-8-10(11)13(17)18/h1,10-11,14H,4-9H2,2H3,(H,17,18). The number of rotatable bonds is 7. The van der Waals surface area contributed by atoms with Crippen LogP contribution in [0.4, 0.5) is 0 Å². The van der Waals surface area contributed by atoms with Gasteiger partial charge in [0.1, 0.15) is 5.92 Å². The first kappa shape index (κ1) is 15.5. The lowest BCUT2D eigenvalue weighted by molar-refractivity contribution is -0.144. The third-order valence-corrected chi connectivity index (χ3v) is 3.06. The van der Waals surface area contributed by atoms with Crippen LogP contribution in [0.5, 0.6) is 0 Å². The molecule has 1 rings (SSSR count). The molecule has 2 atom stereocenters. The number of nitrogens with zero attached hydrogens (tertiary/aromatic N) is 1. The Kier molecular flexibility index (Phi) is 6.33. The molecule has 0 radical (unpaired) electrons. The number of aliphatic carboxylic acids is 1. The van der Waals surface area contributed by atoms with Crippen molar-refractivity contribution >= 4 is 11.9 Å². The topological polar surface area (TPSA) is 78.9 Å². The zero-order valence-corrected chi connectivity index (χ0v) is 11.1. The van der Waals surface area contributed by atoms with Crippen LogP contribution in [0.3, 0.4) is 0 Å². The molecule has 1 aliphatic rings. The highest BCUT2D eigenvalue weighted by atomic mass is 16.5. The van der Waals surface area contributed by atoms with Crippen LogP contribution in [0.2, 0.25) is 0 Å². The molecule has 1 amide bonds. The van der Waals surface area contributed by atoms with Crippen molar-refractivity contribution in [3.8, 4) is 12.3 Å². The highest BCUT2D eigenvalue weighted by molar-refractivity contribution is 5.80. The summed E-state index contributed by atoms with van der Waals surface area (Å²) in [6.07, 6.45) is 5.87. The van der Waals surface area contributed by atoms with Crippen molar-refractivity contribution in [1.29, 1.82) is 0 Å². The van der Waals surface area contributed by atoms with Crippen molar-refractivity contribution in [2.75, 3.05) is 32.8 Å². The third-order valence-electron chi connectivity index (χ3n) is 3.06. The average molecular weight is 268 g/mol. The van der Waals surface area contributed by atoms with Gasteiger partial charge >= 0.3 is 5.97 Å². The van der Waals surface area contributed by atoms with Crippen LogP contribution >= 0.6 is 0 Å². The summed E-state index contributed by atoms with van der Waals surface area (Å²) >= 11 is 0. The largest absolute Gasteiger partial charge is 0.481 e. The van der Waals surface area contributed by atoms with Crippen molar-refractivity contribution in [3.05, 3.63) is 0 Å². The van der Waals surface area contributed by atoms with Gasteiger partial charge in [-0.1, -0.05) is 12.8 Å². The Morgan fingerprint density at radius 1 is 1.53 bits per heavy atom. The zero-order chi connectivity index (χ0) is 14.3. The second-order valence-corrected chi connectivity index (χ2v) is 4.44. The monoisotopic (exact) mass is 268 g/mol. The molecule has 6 nitrogen and oxygen atoms in total. The molecule has 0 spiro atoms. The minimum atomic E-state index is -0.923. The summed E-state index contributed by atoms with van der Waals surface area (Å²) in [6.45, 7) is 3.33. The Labute approximate surface area is 113 Å². The SMILES string of the molecule is C#CCNCC(=O)N(CCC)C1COCC1C(=O)O. The Morgan fingerprint density at radius 3 is 2.84 bits per heavy atom. The van der Waals surface area contributed by atoms with E-state index in [0.717, 1.165) is 6.42 Å². The number of hydrogen-bond donors (Lipinski definition) is 2. The first-order chi connectivity index (χ1) is 9.11. The predicted octanol–water partition coefficient (Wildman–Crippen LogP) is -0.453. The minimum absolute atomic E-state index is 0.118. The van der Waals surface area contributed by atoms with Crippen LogP contribution in [0.1, 0.15) is 13.3 Å². The number of carbonyl (C=O) groups is 2. The van der Waals surface area contributed by atoms with Gasteiger partial charge < -0.3 is 14.7 Å². The molecule has 1 aliphatic heterocycles. The Bertz CT molecular complexity index is 364. The normalized spacial score (nSPS) is 21.9. The number of ether oxygens (including phenoxy) is 1. The number of terminal acetylenes is 1. The van der Waals surface area contributed by atoms with E-state index in [0.29, 0.717) is 13.1 Å². The summed E-state index contributed by atoms with van der Waals surface area (Å²) in [4.78, 5) is 24.8. The van der Waals surface area contributed by atoms with E-state index < -0.39 is 17.9 Å². The second kappa shape index (κ2) is 7.77. The lowest BCUT2D eigenvalue weighted by Gasteiger charge is -2.30. The second-order valence-electron chi connectivity index (χ2n) is 4.44. The number of nitrogens with one attached hydrogen (secondary N) is 1. The van der Waals surface area contributed by atoms with Gasteiger partial charge in [-0.25, -0.2) is 0 Å². The fraction of sp³-hybridized carbons (Fsp3) is 0.692. The van der Waals surface area contributed by atoms with E-state index in [2.05, 4.69) is 11.2 Å². The van der Waals surface area contributed by atoms with E-state index in [9.17, 15) is 9.59 Å². The molecular formula is C13H20N2O4. The Morgan fingerprint density at radius 2 is 2.26 bits per heavy atom. The van der Waals surface area contributed by atoms with Gasteiger partial charge in [0.15, 0.2) is 0 Å². The molecule has 0 aromatic rings. The molecule has 2 N–H and O–H groups in total. The number of carboxylic acid groups (broad SMARTS) is 1. The van der Waals surface area contributed by atoms with Crippen molar-refractivity contribution in [2.24, 2.45) is 5.92 Å². The number of carbonyl (C=O) groups excluding carboxylic acids is 1. The summed E-state index contributed by atoms with van der Waals surface area (Å²) in [5, 5.41) is 12.0. The van der Waals surface area contributed by atoms with Crippen molar-refractivity contribution in [3.63, 3.8) is 0 Å². The first-order valence-electron chi connectivity index (χ1n) is 6.36. The molecule has 0 aliphatic carbocycles. The number of carboxylic acids is 1. The minimum Gasteiger partial charge on any atom is -0.481 e. The summed E-state index contributed by atoms with van der Waals surface area (Å²) in [5.41, 5.74) is 0. The van der Waals surface area contributed by atoms with E-state index in [-0.39, 0.29) is 25.7 Å². The maximum absolute atomic E-state index is 12.1. The summed E-state index contributed by atoms with van der Waals surface area (Å²) in [7, 11) is 0. The number of amides is 1. The molecule has 19 heavy (non-hydrogen) atoms. The molecule has 1 heterocycles. The zero-order valence-electron chi connectivity index (χ0n) is 11.1. The summed E-state index contributed by atoms with van der Waals surface area (Å²) < 4.78 is 5.21. The van der Waals surface area contributed by atoms with Crippen molar-refractivity contribution < 1.29 is 19.4 Å². The van der Waals surface area contributed by atoms with E-state index in [4.69, 9.17) is 16.3 Å². The van der Waals surface area contributed by atoms with Crippen LogP contribution in [-0.4, -0.2) is 60.8 Å². The summed E-state index contributed by atoms with van der Waals surface area (Å²) in [5.74, 6) is 0.677. The summed E-state index contributed by atoms with van der Waals surface area (Å²) in [6, 6.07) is -0.391. The van der Waals surface area contributed by atoms with E-state index >= 15 is 0 Å². The molecular weight excluding hydrogens is 248 g/mol. The van der Waals surface area contributed by atoms with Crippen LogP contribution in [0.25, 0.3) is 0 Å². The van der Waals surface area contributed by atoms with E-state index in [1.807, 2.05) is 6.92 Å². The van der Waals surface area contributed by atoms with Crippen LogP contribution in [0, 0.1) is 18.3 Å². The maximum Gasteiger partial charge on any atom is 0.311 e. The molecule has 6 heteroatoms. The van der Waals surface area contributed by atoms with Crippen LogP contribution < -0.4 is 5.32 Å². The molecule has 0 aromatic carbocycles. The van der Waals surface area contributed by atoms with Crippen molar-refractivity contribution in [2.45, 2.75) is 19.4 Å². The smallest absolute Gasteiger partial charge is 0.311 e. The fourth-order valence-electron chi connectivity index (χ4n) is 2.15. The van der Waals surface area contributed by atoms with E-state index in [1.54, 1.807) is 4.90 Å². The highest BCUT2D eigenvalue weighted by Crippen LogP contribution is 2.20. The van der Waals surface area contributed by atoms with Gasteiger partial charge in [-0.3, -0.25) is 14.9 Å². The predicted molar refractivity (Wildman–Crippen MR) is 69.4 cm³/mol. The van der Waals surface area contributed by atoms with Crippen LogP contribution in [0.15, 0.2) is 0 Å². The molecule has 0 saturated carbocycles. The lowest BCUT2D eigenvalue weighted by atomic mass is 10.0. The molecule has 106 valence electrons. The molecule has 1 fully saturated rings. The average Bonchev–Trinajstić information content (AvgIpc) is 2.85. The lowest BCUT2D eigenvalue weighted by Crippen LogP contribution is -2.49. The van der Waals surface area contributed by atoms with Crippen molar-refractivity contribution in [1.82, 2.24) is 10.2 Å². The van der Waals surface area contributed by atoms with Gasteiger partial charge in [0, 0.05) is 6.54 Å². The van der Waals surface area contributed by atoms with Gasteiger partial charge in [0.05, 0.1) is 32.3 Å². The van der Waals surface area contributed by atoms with Gasteiger partial charge in [0.2, 0.25) is 5.91 Å². The first-order valence-corrected chi connectivity index (χ1v) is 6.36. The Hall–Kier alpha value is -1.58. The van der Waals surface area contributed by atoms with Gasteiger partial charge in [0.25, 0.3) is 0 Å². The Balaban J connectivity index is 2.67. The van der Waals surface area contributed by atoms with E-state index in [1.165, 1.54) is 0 Å². The molecule has 1 saturated heterocycles. The van der Waals surface area contributed by atoms with Gasteiger partial charge in [-0.2, -0.15) is 0 Å². The molecule has 0 bridgehead atoms. The molecule has 0 aromatic heterocycles. The quantitative estimate of drug-likeness (QED) is 0.483. The van der Waals surface area contributed by atoms with Gasteiger partial charge in [-0.05, 0) is 6.42 Å². The third kappa shape index (κ3) is 4.23.